The monoisotopic (exact) mass is 432 g/mol. The first kappa shape index (κ1) is 23.3. The van der Waals surface area contributed by atoms with Gasteiger partial charge in [0.2, 0.25) is 11.8 Å². The molecular weight excluding hydrogens is 404 g/mol. The first-order chi connectivity index (χ1) is 13.9. The molecule has 0 aliphatic carbocycles. The Morgan fingerprint density at radius 1 is 1.03 bits per heavy atom. The topological polar surface area (TPSA) is 49.4 Å². The Bertz CT molecular complexity index is 783. The number of carbonyl (C=O) groups excluding carboxylic acids is 2. The maximum atomic E-state index is 13.0. The Balaban J connectivity index is 2.06. The molecule has 0 radical (unpaired) electrons. The Kier molecular flexibility index (Phi) is 9.55. The number of halogens is 1. The number of hydrogen-bond donors (Lipinski definition) is 1. The van der Waals surface area contributed by atoms with Crippen molar-refractivity contribution in [2.24, 2.45) is 0 Å². The van der Waals surface area contributed by atoms with Gasteiger partial charge >= 0.3 is 0 Å². The normalized spacial score (nSPS) is 12.8. The van der Waals surface area contributed by atoms with Crippen molar-refractivity contribution in [3.05, 3.63) is 70.7 Å². The van der Waals surface area contributed by atoms with E-state index in [0.29, 0.717) is 17.3 Å². The molecule has 0 fully saturated rings. The van der Waals surface area contributed by atoms with E-state index < -0.39 is 6.04 Å². The van der Waals surface area contributed by atoms with Crippen LogP contribution < -0.4 is 5.32 Å². The molecule has 0 bridgehead atoms. The van der Waals surface area contributed by atoms with Crippen molar-refractivity contribution in [3.8, 4) is 0 Å². The van der Waals surface area contributed by atoms with Gasteiger partial charge in [0.15, 0.2) is 0 Å². The van der Waals surface area contributed by atoms with Crippen molar-refractivity contribution in [2.75, 3.05) is 5.75 Å². The number of benzene rings is 2. The van der Waals surface area contributed by atoms with Crippen LogP contribution in [0.2, 0.25) is 5.02 Å². The van der Waals surface area contributed by atoms with E-state index in [1.54, 1.807) is 35.7 Å². The number of carbonyl (C=O) groups is 2. The molecule has 0 unspecified atom stereocenters. The van der Waals surface area contributed by atoms with Gasteiger partial charge in [-0.2, -0.15) is 0 Å². The quantitative estimate of drug-likeness (QED) is 0.580. The maximum Gasteiger partial charge on any atom is 0.242 e. The lowest BCUT2D eigenvalue weighted by atomic mass is 10.1. The number of thioether (sulfide) groups is 1. The molecule has 0 aliphatic rings. The van der Waals surface area contributed by atoms with Crippen LogP contribution in [0.4, 0.5) is 0 Å². The number of hydrogen-bond acceptors (Lipinski definition) is 3. The van der Waals surface area contributed by atoms with Crippen LogP contribution in [0.1, 0.15) is 38.3 Å². The molecule has 2 amide bonds. The highest BCUT2D eigenvalue weighted by atomic mass is 35.5. The first-order valence-electron chi connectivity index (χ1n) is 9.86. The average Bonchev–Trinajstić information content (AvgIpc) is 2.73. The van der Waals surface area contributed by atoms with E-state index in [9.17, 15) is 9.59 Å². The summed E-state index contributed by atoms with van der Waals surface area (Å²) in [5.74, 6) is 0.903. The van der Waals surface area contributed by atoms with Crippen molar-refractivity contribution in [1.29, 1.82) is 0 Å². The van der Waals surface area contributed by atoms with Gasteiger partial charge in [0.05, 0.1) is 5.75 Å². The molecule has 0 aliphatic heterocycles. The molecule has 2 atom stereocenters. The molecule has 1 N–H and O–H groups in total. The predicted molar refractivity (Wildman–Crippen MR) is 122 cm³/mol. The molecule has 29 heavy (non-hydrogen) atoms. The fourth-order valence-electron chi connectivity index (χ4n) is 2.75. The van der Waals surface area contributed by atoms with Gasteiger partial charge in [-0.15, -0.1) is 11.8 Å². The molecule has 2 aromatic rings. The van der Waals surface area contributed by atoms with Gasteiger partial charge in [-0.25, -0.2) is 0 Å². The van der Waals surface area contributed by atoms with Crippen molar-refractivity contribution in [2.45, 2.75) is 51.6 Å². The van der Waals surface area contributed by atoms with E-state index in [4.69, 9.17) is 11.6 Å². The van der Waals surface area contributed by atoms with E-state index in [0.717, 1.165) is 17.7 Å². The third-order valence-corrected chi connectivity index (χ3v) is 6.01. The smallest absolute Gasteiger partial charge is 0.242 e. The molecule has 0 heterocycles. The maximum absolute atomic E-state index is 13.0. The van der Waals surface area contributed by atoms with Gasteiger partial charge in [0.25, 0.3) is 0 Å². The van der Waals surface area contributed by atoms with Crippen LogP contribution in [0.3, 0.4) is 0 Å². The third kappa shape index (κ3) is 7.75. The highest BCUT2D eigenvalue weighted by molar-refractivity contribution is 7.99. The van der Waals surface area contributed by atoms with Crippen molar-refractivity contribution >= 4 is 35.2 Å². The molecule has 2 aromatic carbocycles. The Labute approximate surface area is 183 Å². The van der Waals surface area contributed by atoms with E-state index in [-0.39, 0.29) is 17.9 Å². The average molecular weight is 433 g/mol. The molecule has 2 rings (SSSR count). The summed E-state index contributed by atoms with van der Waals surface area (Å²) in [6.07, 6.45) is 0.844. The summed E-state index contributed by atoms with van der Waals surface area (Å²) in [7, 11) is 0. The summed E-state index contributed by atoms with van der Waals surface area (Å²) in [6.45, 7) is 6.14. The number of rotatable bonds is 10. The van der Waals surface area contributed by atoms with Gasteiger partial charge in [-0.3, -0.25) is 9.59 Å². The molecule has 156 valence electrons. The van der Waals surface area contributed by atoms with Gasteiger partial charge in [0, 0.05) is 23.4 Å². The van der Waals surface area contributed by atoms with Crippen LogP contribution in [-0.2, 0) is 21.9 Å². The van der Waals surface area contributed by atoms with Crippen LogP contribution in [0.25, 0.3) is 0 Å². The SMILES string of the molecule is CC[C@@H](C)NC(=O)[C@@H](C)N(Cc1ccc(Cl)cc1)C(=O)CSCc1ccccc1. The largest absolute Gasteiger partial charge is 0.352 e. The third-order valence-electron chi connectivity index (χ3n) is 4.77. The molecule has 4 nitrogen and oxygen atoms in total. The van der Waals surface area contributed by atoms with Crippen molar-refractivity contribution in [1.82, 2.24) is 10.2 Å². The van der Waals surface area contributed by atoms with Gasteiger partial charge in [-0.1, -0.05) is 61.0 Å². The summed E-state index contributed by atoms with van der Waals surface area (Å²) in [4.78, 5) is 27.3. The highest BCUT2D eigenvalue weighted by Crippen LogP contribution is 2.17. The highest BCUT2D eigenvalue weighted by Gasteiger charge is 2.26. The number of amides is 2. The first-order valence-corrected chi connectivity index (χ1v) is 11.4. The Morgan fingerprint density at radius 2 is 1.69 bits per heavy atom. The zero-order chi connectivity index (χ0) is 21.2. The zero-order valence-corrected chi connectivity index (χ0v) is 18.8. The van der Waals surface area contributed by atoms with Crippen molar-refractivity contribution < 1.29 is 9.59 Å². The van der Waals surface area contributed by atoms with Crippen LogP contribution in [0, 0.1) is 0 Å². The molecule has 0 saturated carbocycles. The van der Waals surface area contributed by atoms with Gasteiger partial charge < -0.3 is 10.2 Å². The molecule has 0 saturated heterocycles. The van der Waals surface area contributed by atoms with E-state index in [1.165, 1.54) is 5.56 Å². The minimum atomic E-state index is -0.551. The summed E-state index contributed by atoms with van der Waals surface area (Å²) in [5, 5.41) is 3.63. The summed E-state index contributed by atoms with van der Waals surface area (Å²) < 4.78 is 0. The lowest BCUT2D eigenvalue weighted by Gasteiger charge is -2.29. The van der Waals surface area contributed by atoms with E-state index in [1.807, 2.05) is 56.3 Å². The number of nitrogens with one attached hydrogen (secondary N) is 1. The number of nitrogens with zero attached hydrogens (tertiary/aromatic N) is 1. The van der Waals surface area contributed by atoms with Gasteiger partial charge in [-0.05, 0) is 43.5 Å². The zero-order valence-electron chi connectivity index (χ0n) is 17.2. The predicted octanol–water partition coefficient (Wildman–Crippen LogP) is 4.91. The standard InChI is InChI=1S/C23H29ClN2O2S/c1-4-17(2)25-23(28)18(3)26(14-19-10-12-21(24)13-11-19)22(27)16-29-15-20-8-6-5-7-9-20/h5-13,17-18H,4,14-16H2,1-3H3,(H,25,28)/t17-,18-/m1/s1. The van der Waals surface area contributed by atoms with Crippen LogP contribution in [0.5, 0.6) is 0 Å². The second kappa shape index (κ2) is 11.9. The second-order valence-corrected chi connectivity index (χ2v) is 8.54. The van der Waals surface area contributed by atoms with E-state index >= 15 is 0 Å². The minimum absolute atomic E-state index is 0.0484. The summed E-state index contributed by atoms with van der Waals surface area (Å²) in [5.41, 5.74) is 2.12. The Hall–Kier alpha value is -1.98. The van der Waals surface area contributed by atoms with Crippen LogP contribution >= 0.6 is 23.4 Å². The summed E-state index contributed by atoms with van der Waals surface area (Å²) in [6, 6.07) is 17.0. The lowest BCUT2D eigenvalue weighted by molar-refractivity contribution is -0.138. The van der Waals surface area contributed by atoms with Crippen molar-refractivity contribution in [3.63, 3.8) is 0 Å². The summed E-state index contributed by atoms with van der Waals surface area (Å²) >= 11 is 7.54. The minimum Gasteiger partial charge on any atom is -0.352 e. The van der Waals surface area contributed by atoms with E-state index in [2.05, 4.69) is 5.32 Å². The van der Waals surface area contributed by atoms with Crippen LogP contribution in [-0.4, -0.2) is 34.6 Å². The molecular formula is C23H29ClN2O2S. The second-order valence-electron chi connectivity index (χ2n) is 7.12. The molecule has 0 spiro atoms. The fraction of sp³-hybridized carbons (Fsp3) is 0.391. The van der Waals surface area contributed by atoms with Crippen LogP contribution in [0.15, 0.2) is 54.6 Å². The molecule has 0 aromatic heterocycles. The Morgan fingerprint density at radius 3 is 2.31 bits per heavy atom. The fourth-order valence-corrected chi connectivity index (χ4v) is 3.74. The molecule has 6 heteroatoms. The van der Waals surface area contributed by atoms with Gasteiger partial charge in [0.1, 0.15) is 6.04 Å². The lowest BCUT2D eigenvalue weighted by Crippen LogP contribution is -2.50.